The molecule has 0 bridgehead atoms. The van der Waals surface area contributed by atoms with Gasteiger partial charge in [-0.25, -0.2) is 9.97 Å². The highest BCUT2D eigenvalue weighted by Gasteiger charge is 2.19. The first-order valence-corrected chi connectivity index (χ1v) is 3.81. The van der Waals surface area contributed by atoms with Crippen molar-refractivity contribution in [2.45, 2.75) is 12.3 Å². The van der Waals surface area contributed by atoms with Crippen molar-refractivity contribution in [2.24, 2.45) is 0 Å². The van der Waals surface area contributed by atoms with E-state index in [0.29, 0.717) is 5.92 Å². The highest BCUT2D eigenvalue weighted by Crippen LogP contribution is 2.20. The van der Waals surface area contributed by atoms with Gasteiger partial charge in [0.1, 0.15) is 5.82 Å². The van der Waals surface area contributed by atoms with Crippen LogP contribution in [-0.4, -0.2) is 23.2 Å². The zero-order valence-electron chi connectivity index (χ0n) is 6.23. The second-order valence-corrected chi connectivity index (χ2v) is 2.67. The predicted octanol–water partition coefficient (Wildman–Crippen LogP) is 0.980. The minimum Gasteiger partial charge on any atom is -0.381 e. The van der Waals surface area contributed by atoms with E-state index in [9.17, 15) is 0 Å². The summed E-state index contributed by atoms with van der Waals surface area (Å²) in [7, 11) is 0. The molecule has 1 aromatic heterocycles. The first kappa shape index (κ1) is 6.73. The molecule has 0 spiro atoms. The summed E-state index contributed by atoms with van der Waals surface area (Å²) in [6, 6.07) is 1.83. The molecule has 0 saturated carbocycles. The summed E-state index contributed by atoms with van der Waals surface area (Å²) >= 11 is 0. The molecule has 0 aromatic carbocycles. The molecule has 0 amide bonds. The number of rotatable bonds is 1. The summed E-state index contributed by atoms with van der Waals surface area (Å²) in [6.45, 7) is 1.63. The maximum absolute atomic E-state index is 5.23. The number of hydrogen-bond donors (Lipinski definition) is 0. The van der Waals surface area contributed by atoms with Crippen molar-refractivity contribution in [3.63, 3.8) is 0 Å². The lowest BCUT2D eigenvalue weighted by Gasteiger charge is -2.02. The average molecular weight is 150 g/mol. The van der Waals surface area contributed by atoms with Gasteiger partial charge >= 0.3 is 0 Å². The van der Waals surface area contributed by atoms with E-state index in [0.717, 1.165) is 25.5 Å². The predicted molar refractivity (Wildman–Crippen MR) is 40.2 cm³/mol. The van der Waals surface area contributed by atoms with Crippen molar-refractivity contribution in [3.8, 4) is 0 Å². The fourth-order valence-corrected chi connectivity index (χ4v) is 1.26. The van der Waals surface area contributed by atoms with Gasteiger partial charge in [0.05, 0.1) is 6.61 Å². The molecular formula is C8H10N2O. The molecule has 1 aliphatic heterocycles. The third-order valence-electron chi connectivity index (χ3n) is 1.88. The Bertz CT molecular complexity index is 219. The fourth-order valence-electron chi connectivity index (χ4n) is 1.26. The molecule has 1 aromatic rings. The molecule has 1 saturated heterocycles. The fraction of sp³-hybridized carbons (Fsp3) is 0.500. The molecule has 58 valence electrons. The normalized spacial score (nSPS) is 23.8. The Kier molecular flexibility index (Phi) is 1.81. The van der Waals surface area contributed by atoms with E-state index in [1.54, 1.807) is 12.4 Å². The van der Waals surface area contributed by atoms with Gasteiger partial charge in [0.25, 0.3) is 0 Å². The molecule has 1 atom stereocenters. The van der Waals surface area contributed by atoms with Gasteiger partial charge in [0.15, 0.2) is 0 Å². The van der Waals surface area contributed by atoms with Gasteiger partial charge in [-0.2, -0.15) is 0 Å². The summed E-state index contributed by atoms with van der Waals surface area (Å²) in [5.74, 6) is 1.35. The van der Waals surface area contributed by atoms with Crippen LogP contribution in [0.5, 0.6) is 0 Å². The molecule has 2 heterocycles. The summed E-state index contributed by atoms with van der Waals surface area (Å²) in [6.07, 6.45) is 4.62. The summed E-state index contributed by atoms with van der Waals surface area (Å²) in [5.41, 5.74) is 0. The Hall–Kier alpha value is -0.960. The summed E-state index contributed by atoms with van der Waals surface area (Å²) in [5, 5.41) is 0. The Morgan fingerprint density at radius 2 is 2.18 bits per heavy atom. The van der Waals surface area contributed by atoms with Crippen LogP contribution >= 0.6 is 0 Å². The largest absolute Gasteiger partial charge is 0.381 e. The van der Waals surface area contributed by atoms with E-state index in [1.165, 1.54) is 0 Å². The van der Waals surface area contributed by atoms with Crippen LogP contribution in [0.4, 0.5) is 0 Å². The Morgan fingerprint density at radius 1 is 1.36 bits per heavy atom. The van der Waals surface area contributed by atoms with E-state index < -0.39 is 0 Å². The molecular weight excluding hydrogens is 140 g/mol. The van der Waals surface area contributed by atoms with Gasteiger partial charge in [0.2, 0.25) is 0 Å². The minimum absolute atomic E-state index is 0.427. The standard InChI is InChI=1S/C8H10N2O/c1-3-9-8(10-4-1)7-2-5-11-6-7/h1,3-4,7H,2,5-6H2. The Morgan fingerprint density at radius 3 is 2.82 bits per heavy atom. The van der Waals surface area contributed by atoms with Crippen molar-refractivity contribution in [2.75, 3.05) is 13.2 Å². The first-order chi connectivity index (χ1) is 5.47. The molecule has 0 radical (unpaired) electrons. The third kappa shape index (κ3) is 1.38. The Balaban J connectivity index is 2.16. The van der Waals surface area contributed by atoms with Crippen LogP contribution in [-0.2, 0) is 4.74 Å². The van der Waals surface area contributed by atoms with Crippen LogP contribution in [0.3, 0.4) is 0 Å². The van der Waals surface area contributed by atoms with Crippen LogP contribution < -0.4 is 0 Å². The zero-order chi connectivity index (χ0) is 7.52. The number of hydrogen-bond acceptors (Lipinski definition) is 3. The van der Waals surface area contributed by atoms with Crippen molar-refractivity contribution in [1.29, 1.82) is 0 Å². The molecule has 1 unspecified atom stereocenters. The molecule has 0 N–H and O–H groups in total. The zero-order valence-corrected chi connectivity index (χ0v) is 6.23. The molecule has 1 fully saturated rings. The average Bonchev–Trinajstić information content (AvgIpc) is 2.58. The van der Waals surface area contributed by atoms with Crippen LogP contribution in [0.2, 0.25) is 0 Å². The van der Waals surface area contributed by atoms with E-state index in [-0.39, 0.29) is 0 Å². The monoisotopic (exact) mass is 150 g/mol. The van der Waals surface area contributed by atoms with Crippen molar-refractivity contribution < 1.29 is 4.74 Å². The SMILES string of the molecule is c1cnc(C2CCOC2)nc1. The minimum atomic E-state index is 0.427. The molecule has 0 aliphatic carbocycles. The number of ether oxygens (including phenoxy) is 1. The smallest absolute Gasteiger partial charge is 0.133 e. The lowest BCUT2D eigenvalue weighted by Crippen LogP contribution is -2.02. The van der Waals surface area contributed by atoms with Gasteiger partial charge in [-0.1, -0.05) is 0 Å². The van der Waals surface area contributed by atoms with E-state index >= 15 is 0 Å². The first-order valence-electron chi connectivity index (χ1n) is 3.81. The number of aromatic nitrogens is 2. The van der Waals surface area contributed by atoms with Gasteiger partial charge in [-0.05, 0) is 12.5 Å². The van der Waals surface area contributed by atoms with Crippen molar-refractivity contribution in [3.05, 3.63) is 24.3 Å². The van der Waals surface area contributed by atoms with E-state index in [4.69, 9.17) is 4.74 Å². The highest BCUT2D eigenvalue weighted by atomic mass is 16.5. The van der Waals surface area contributed by atoms with E-state index in [1.807, 2.05) is 6.07 Å². The highest BCUT2D eigenvalue weighted by molar-refractivity contribution is 4.98. The summed E-state index contributed by atoms with van der Waals surface area (Å²) in [4.78, 5) is 8.34. The second kappa shape index (κ2) is 2.96. The number of nitrogens with zero attached hydrogens (tertiary/aromatic N) is 2. The van der Waals surface area contributed by atoms with Crippen LogP contribution in [0.25, 0.3) is 0 Å². The van der Waals surface area contributed by atoms with Gasteiger partial charge in [-0.3, -0.25) is 0 Å². The Labute approximate surface area is 65.4 Å². The lowest BCUT2D eigenvalue weighted by molar-refractivity contribution is 0.193. The molecule has 2 rings (SSSR count). The topological polar surface area (TPSA) is 35.0 Å². The molecule has 3 heteroatoms. The van der Waals surface area contributed by atoms with Crippen LogP contribution in [0.15, 0.2) is 18.5 Å². The van der Waals surface area contributed by atoms with Gasteiger partial charge in [-0.15, -0.1) is 0 Å². The van der Waals surface area contributed by atoms with E-state index in [2.05, 4.69) is 9.97 Å². The second-order valence-electron chi connectivity index (χ2n) is 2.67. The van der Waals surface area contributed by atoms with Gasteiger partial charge < -0.3 is 4.74 Å². The van der Waals surface area contributed by atoms with Gasteiger partial charge in [0, 0.05) is 24.9 Å². The van der Waals surface area contributed by atoms with Crippen LogP contribution in [0, 0.1) is 0 Å². The molecule has 1 aliphatic rings. The van der Waals surface area contributed by atoms with Crippen molar-refractivity contribution >= 4 is 0 Å². The molecule has 11 heavy (non-hydrogen) atoms. The maximum Gasteiger partial charge on any atom is 0.133 e. The quantitative estimate of drug-likeness (QED) is 0.598. The van der Waals surface area contributed by atoms with Crippen LogP contribution in [0.1, 0.15) is 18.2 Å². The molecule has 3 nitrogen and oxygen atoms in total. The summed E-state index contributed by atoms with van der Waals surface area (Å²) < 4.78 is 5.23. The lowest BCUT2D eigenvalue weighted by atomic mass is 10.1. The maximum atomic E-state index is 5.23. The van der Waals surface area contributed by atoms with Crippen molar-refractivity contribution in [1.82, 2.24) is 9.97 Å². The third-order valence-corrected chi connectivity index (χ3v) is 1.88.